The SMILES string of the molecule is C=CCO[C@H]1C[C@](OCc2cccc(Cl)c2)(C(=O)NC)C[C@H]2OC(C)(C)O[C@@H]12. The van der Waals surface area contributed by atoms with Gasteiger partial charge in [0.2, 0.25) is 0 Å². The molecule has 0 bridgehead atoms. The Balaban J connectivity index is 1.85. The first kappa shape index (κ1) is 21.3. The lowest BCUT2D eigenvalue weighted by Crippen LogP contribution is -2.59. The first-order valence-electron chi connectivity index (χ1n) is 9.47. The maximum atomic E-state index is 12.9. The maximum Gasteiger partial charge on any atom is 0.252 e. The van der Waals surface area contributed by atoms with Crippen molar-refractivity contribution >= 4 is 17.5 Å². The molecule has 1 amide bonds. The number of carbonyl (C=O) groups excluding carboxylic acids is 1. The van der Waals surface area contributed by atoms with Crippen molar-refractivity contribution in [1.82, 2.24) is 5.32 Å². The van der Waals surface area contributed by atoms with E-state index in [0.29, 0.717) is 24.5 Å². The molecule has 2 aliphatic rings. The number of fused-ring (bicyclic) bond motifs is 1. The Kier molecular flexibility index (Phi) is 6.47. The predicted molar refractivity (Wildman–Crippen MR) is 106 cm³/mol. The highest BCUT2D eigenvalue weighted by atomic mass is 35.5. The molecular weight excluding hydrogens is 382 g/mol. The monoisotopic (exact) mass is 409 g/mol. The van der Waals surface area contributed by atoms with Gasteiger partial charge in [-0.3, -0.25) is 4.79 Å². The summed E-state index contributed by atoms with van der Waals surface area (Å²) in [4.78, 5) is 12.9. The fourth-order valence-electron chi connectivity index (χ4n) is 3.98. The van der Waals surface area contributed by atoms with E-state index in [4.69, 9.17) is 30.5 Å². The quantitative estimate of drug-likeness (QED) is 0.700. The van der Waals surface area contributed by atoms with Gasteiger partial charge in [-0.25, -0.2) is 0 Å². The van der Waals surface area contributed by atoms with Crippen LogP contribution in [0.1, 0.15) is 32.3 Å². The van der Waals surface area contributed by atoms with Crippen LogP contribution in [-0.4, -0.2) is 49.3 Å². The Morgan fingerprint density at radius 1 is 1.39 bits per heavy atom. The summed E-state index contributed by atoms with van der Waals surface area (Å²) in [6, 6.07) is 7.40. The van der Waals surface area contributed by atoms with Crippen molar-refractivity contribution in [1.29, 1.82) is 0 Å². The van der Waals surface area contributed by atoms with E-state index in [-0.39, 0.29) is 30.8 Å². The van der Waals surface area contributed by atoms with Gasteiger partial charge in [-0.05, 0) is 31.5 Å². The van der Waals surface area contributed by atoms with E-state index in [9.17, 15) is 4.79 Å². The van der Waals surface area contributed by atoms with Crippen molar-refractivity contribution in [3.63, 3.8) is 0 Å². The Morgan fingerprint density at radius 2 is 2.18 bits per heavy atom. The average molecular weight is 410 g/mol. The number of likely N-dealkylation sites (N-methyl/N-ethyl adjacent to an activating group) is 1. The minimum atomic E-state index is -1.09. The minimum absolute atomic E-state index is 0.200. The molecule has 3 rings (SSSR count). The van der Waals surface area contributed by atoms with Gasteiger partial charge in [0.25, 0.3) is 5.91 Å². The van der Waals surface area contributed by atoms with E-state index >= 15 is 0 Å². The standard InChI is InChI=1S/C21H28ClNO5/c1-5-9-25-16-11-21(19(24)23-4,12-17-18(16)28-20(2,3)27-17)26-13-14-7-6-8-15(22)10-14/h5-8,10,16-18H,1,9,11-13H2,2-4H3,(H,23,24)/t16-,17+,18-,21+/m0/s1. The number of benzene rings is 1. The van der Waals surface area contributed by atoms with Crippen molar-refractivity contribution in [2.45, 2.75) is 63.0 Å². The smallest absolute Gasteiger partial charge is 0.252 e. The average Bonchev–Trinajstić information content (AvgIpc) is 2.97. The van der Waals surface area contributed by atoms with Crippen LogP contribution in [0.3, 0.4) is 0 Å². The second-order valence-corrected chi connectivity index (χ2v) is 8.14. The number of nitrogens with one attached hydrogen (secondary N) is 1. The third kappa shape index (κ3) is 4.58. The largest absolute Gasteiger partial charge is 0.371 e. The minimum Gasteiger partial charge on any atom is -0.371 e. The highest BCUT2D eigenvalue weighted by molar-refractivity contribution is 6.30. The fraction of sp³-hybridized carbons (Fsp3) is 0.571. The maximum absolute atomic E-state index is 12.9. The zero-order chi connectivity index (χ0) is 20.4. The molecule has 4 atom stereocenters. The topological polar surface area (TPSA) is 66.0 Å². The molecule has 1 saturated carbocycles. The number of rotatable bonds is 7. The van der Waals surface area contributed by atoms with Crippen LogP contribution in [0.2, 0.25) is 5.02 Å². The number of ether oxygens (including phenoxy) is 4. The van der Waals surface area contributed by atoms with Gasteiger partial charge >= 0.3 is 0 Å². The Hall–Kier alpha value is -1.44. The van der Waals surface area contributed by atoms with Gasteiger partial charge < -0.3 is 24.3 Å². The number of hydrogen-bond acceptors (Lipinski definition) is 5. The summed E-state index contributed by atoms with van der Waals surface area (Å²) < 4.78 is 24.3. The third-order valence-corrected chi connectivity index (χ3v) is 5.36. The van der Waals surface area contributed by atoms with E-state index in [2.05, 4.69) is 11.9 Å². The van der Waals surface area contributed by atoms with Crippen molar-refractivity contribution in [3.8, 4) is 0 Å². The summed E-state index contributed by atoms with van der Waals surface area (Å²) in [5.41, 5.74) is -0.196. The van der Waals surface area contributed by atoms with Gasteiger partial charge in [-0.2, -0.15) is 0 Å². The molecule has 1 aliphatic heterocycles. The molecule has 0 radical (unpaired) electrons. The molecule has 0 spiro atoms. The predicted octanol–water partition coefficient (Wildman–Crippen LogP) is 3.23. The van der Waals surface area contributed by atoms with Crippen LogP contribution in [0.15, 0.2) is 36.9 Å². The van der Waals surface area contributed by atoms with Gasteiger partial charge in [-0.1, -0.05) is 29.8 Å². The lowest BCUT2D eigenvalue weighted by molar-refractivity contribution is -0.179. The number of hydrogen-bond donors (Lipinski definition) is 1. The van der Waals surface area contributed by atoms with Crippen LogP contribution in [0, 0.1) is 0 Å². The highest BCUT2D eigenvalue weighted by Gasteiger charge is 2.57. The highest BCUT2D eigenvalue weighted by Crippen LogP contribution is 2.44. The molecule has 0 unspecified atom stereocenters. The number of carbonyl (C=O) groups is 1. The molecule has 1 aromatic rings. The fourth-order valence-corrected chi connectivity index (χ4v) is 4.19. The summed E-state index contributed by atoms with van der Waals surface area (Å²) in [5, 5.41) is 3.36. The molecule has 28 heavy (non-hydrogen) atoms. The Labute approximate surface area is 171 Å². The Morgan fingerprint density at radius 3 is 2.86 bits per heavy atom. The number of halogens is 1. The molecule has 1 aliphatic carbocycles. The van der Waals surface area contributed by atoms with Gasteiger partial charge in [0.15, 0.2) is 11.4 Å². The molecule has 1 heterocycles. The zero-order valence-corrected chi connectivity index (χ0v) is 17.3. The van der Waals surface area contributed by atoms with Gasteiger partial charge in [0.05, 0.1) is 25.4 Å². The molecule has 1 aromatic carbocycles. The molecule has 6 nitrogen and oxygen atoms in total. The van der Waals surface area contributed by atoms with Crippen LogP contribution in [0.5, 0.6) is 0 Å². The lowest BCUT2D eigenvalue weighted by Gasteiger charge is -2.43. The van der Waals surface area contributed by atoms with Crippen LogP contribution in [0.4, 0.5) is 0 Å². The molecule has 154 valence electrons. The summed E-state index contributed by atoms with van der Waals surface area (Å²) in [6.45, 7) is 8.05. The van der Waals surface area contributed by atoms with Gasteiger partial charge in [0, 0.05) is 24.9 Å². The van der Waals surface area contributed by atoms with Crippen LogP contribution < -0.4 is 5.32 Å². The first-order valence-corrected chi connectivity index (χ1v) is 9.85. The molecule has 2 fully saturated rings. The summed E-state index contributed by atoms with van der Waals surface area (Å²) >= 11 is 6.07. The zero-order valence-electron chi connectivity index (χ0n) is 16.6. The molecule has 1 saturated heterocycles. The van der Waals surface area contributed by atoms with E-state index in [1.165, 1.54) is 0 Å². The Bertz CT molecular complexity index is 725. The second-order valence-electron chi connectivity index (χ2n) is 7.70. The molecular formula is C21H28ClNO5. The summed E-state index contributed by atoms with van der Waals surface area (Å²) in [6.07, 6.45) is 1.50. The molecule has 0 aromatic heterocycles. The normalized spacial score (nSPS) is 31.2. The first-order chi connectivity index (χ1) is 13.3. The molecule has 1 N–H and O–H groups in total. The summed E-state index contributed by atoms with van der Waals surface area (Å²) in [7, 11) is 1.61. The van der Waals surface area contributed by atoms with Crippen LogP contribution in [0.25, 0.3) is 0 Å². The van der Waals surface area contributed by atoms with E-state index in [0.717, 1.165) is 5.56 Å². The lowest BCUT2D eigenvalue weighted by atomic mass is 9.78. The third-order valence-electron chi connectivity index (χ3n) is 5.12. The van der Waals surface area contributed by atoms with Crippen molar-refractivity contribution in [2.75, 3.05) is 13.7 Å². The van der Waals surface area contributed by atoms with Crippen LogP contribution >= 0.6 is 11.6 Å². The van der Waals surface area contributed by atoms with Crippen molar-refractivity contribution in [2.24, 2.45) is 0 Å². The van der Waals surface area contributed by atoms with E-state index < -0.39 is 11.4 Å². The van der Waals surface area contributed by atoms with Gasteiger partial charge in [-0.15, -0.1) is 6.58 Å². The van der Waals surface area contributed by atoms with E-state index in [1.807, 2.05) is 32.0 Å². The number of amides is 1. The van der Waals surface area contributed by atoms with Gasteiger partial charge in [0.1, 0.15) is 6.10 Å². The second kappa shape index (κ2) is 8.51. The van der Waals surface area contributed by atoms with E-state index in [1.54, 1.807) is 19.2 Å². The molecule has 7 heteroatoms. The van der Waals surface area contributed by atoms with Crippen molar-refractivity contribution < 1.29 is 23.7 Å². The van der Waals surface area contributed by atoms with Crippen molar-refractivity contribution in [3.05, 3.63) is 47.5 Å². The van der Waals surface area contributed by atoms with Crippen LogP contribution in [-0.2, 0) is 30.3 Å². The summed E-state index contributed by atoms with van der Waals surface area (Å²) in [5.74, 6) is -0.940.